The molecule has 0 aromatic rings. The number of hydrogen-bond donors (Lipinski definition) is 2. The molecule has 0 spiro atoms. The van der Waals surface area contributed by atoms with Crippen LogP contribution in [0.1, 0.15) is 0 Å². The van der Waals surface area contributed by atoms with Gasteiger partial charge in [-0.25, -0.2) is 0 Å². The number of carboxylic acid groups (broad SMARTS) is 1. The fourth-order valence-electron chi connectivity index (χ4n) is 0.332. The van der Waals surface area contributed by atoms with Gasteiger partial charge in [-0.1, -0.05) is 0 Å². The zero-order chi connectivity index (χ0) is 7.98. The van der Waals surface area contributed by atoms with Crippen LogP contribution in [0.3, 0.4) is 0 Å². The molecule has 0 saturated carbocycles. The van der Waals surface area contributed by atoms with Gasteiger partial charge in [0, 0.05) is 0 Å². The molecule has 0 fully saturated rings. The highest BCUT2D eigenvalue weighted by Crippen LogP contribution is 1.67. The lowest BCUT2D eigenvalue weighted by molar-refractivity contribution is -0.137. The maximum Gasteiger partial charge on any atom is 0.322 e. The Hall–Kier alpha value is -1.39. The molecule has 1 amide bonds. The first-order valence-electron chi connectivity index (χ1n) is 2.57. The van der Waals surface area contributed by atoms with Crippen molar-refractivity contribution < 1.29 is 14.7 Å². The van der Waals surface area contributed by atoms with E-state index in [9.17, 15) is 9.59 Å². The van der Waals surface area contributed by atoms with Crippen molar-refractivity contribution in [1.82, 2.24) is 5.32 Å². The molecule has 0 bridgehead atoms. The summed E-state index contributed by atoms with van der Waals surface area (Å²) >= 11 is 0. The van der Waals surface area contributed by atoms with Crippen LogP contribution in [0.15, 0.2) is 4.99 Å². The Bertz CT molecular complexity index is 155. The summed E-state index contributed by atoms with van der Waals surface area (Å²) in [6.45, 7) is 2.61. The Kier molecular flexibility index (Phi) is 3.86. The summed E-state index contributed by atoms with van der Waals surface area (Å²) in [4.78, 5) is 23.5. The molecular formula is C5H8N2O3. The molecule has 0 aliphatic rings. The third-order valence-electron chi connectivity index (χ3n) is 0.692. The lowest BCUT2D eigenvalue weighted by Gasteiger charge is -1.96. The molecule has 56 valence electrons. The summed E-state index contributed by atoms with van der Waals surface area (Å²) in [5, 5.41) is 10.2. The van der Waals surface area contributed by atoms with E-state index < -0.39 is 11.9 Å². The van der Waals surface area contributed by atoms with Crippen LogP contribution in [0, 0.1) is 0 Å². The number of nitrogens with one attached hydrogen (secondary N) is 1. The van der Waals surface area contributed by atoms with Crippen LogP contribution < -0.4 is 5.32 Å². The number of nitrogens with zero attached hydrogens (tertiary/aromatic N) is 1. The minimum absolute atomic E-state index is 0.0900. The Labute approximate surface area is 57.8 Å². The summed E-state index contributed by atoms with van der Waals surface area (Å²) in [5.74, 6) is -1.50. The van der Waals surface area contributed by atoms with Gasteiger partial charge in [0.2, 0.25) is 5.91 Å². The Morgan fingerprint density at radius 2 is 2.20 bits per heavy atom. The van der Waals surface area contributed by atoms with Gasteiger partial charge in [0.15, 0.2) is 0 Å². The van der Waals surface area contributed by atoms with Gasteiger partial charge in [-0.2, -0.15) is 0 Å². The van der Waals surface area contributed by atoms with Crippen LogP contribution >= 0.6 is 0 Å². The number of carboxylic acids is 1. The number of carbonyl (C=O) groups is 2. The van der Waals surface area contributed by atoms with E-state index >= 15 is 0 Å². The first-order valence-corrected chi connectivity index (χ1v) is 2.57. The average molecular weight is 144 g/mol. The van der Waals surface area contributed by atoms with Crippen molar-refractivity contribution in [2.45, 2.75) is 0 Å². The quantitative estimate of drug-likeness (QED) is 0.491. The van der Waals surface area contributed by atoms with E-state index in [0.29, 0.717) is 0 Å². The highest BCUT2D eigenvalue weighted by atomic mass is 16.4. The average Bonchev–Trinajstić information content (AvgIpc) is 1.85. The smallest absolute Gasteiger partial charge is 0.322 e. The third-order valence-corrected chi connectivity index (χ3v) is 0.692. The highest BCUT2D eigenvalue weighted by molar-refractivity contribution is 5.82. The molecule has 0 radical (unpaired) electrons. The van der Waals surface area contributed by atoms with Crippen molar-refractivity contribution in [3.05, 3.63) is 0 Å². The predicted molar refractivity (Wildman–Crippen MR) is 35.1 cm³/mol. The van der Waals surface area contributed by atoms with Gasteiger partial charge in [0.25, 0.3) is 0 Å². The SMILES string of the molecule is C=NCC(=O)NCC(=O)O. The molecule has 0 atom stereocenters. The molecule has 2 N–H and O–H groups in total. The van der Waals surface area contributed by atoms with Crippen LogP contribution in [0.25, 0.3) is 0 Å². The second kappa shape index (κ2) is 4.49. The molecule has 0 saturated heterocycles. The molecule has 0 aliphatic carbocycles. The molecule has 0 aromatic heterocycles. The lowest BCUT2D eigenvalue weighted by Crippen LogP contribution is -2.30. The third kappa shape index (κ3) is 4.76. The molecule has 5 nitrogen and oxygen atoms in total. The largest absolute Gasteiger partial charge is 0.480 e. The van der Waals surface area contributed by atoms with Crippen LogP contribution in [-0.4, -0.2) is 36.8 Å². The maximum absolute atomic E-state index is 10.4. The fourth-order valence-corrected chi connectivity index (χ4v) is 0.332. The number of carbonyl (C=O) groups excluding carboxylic acids is 1. The summed E-state index contributed by atoms with van der Waals surface area (Å²) in [7, 11) is 0. The summed E-state index contributed by atoms with van der Waals surface area (Å²) in [6, 6.07) is 0. The van der Waals surface area contributed by atoms with E-state index in [1.807, 2.05) is 0 Å². The predicted octanol–water partition coefficient (Wildman–Crippen LogP) is -1.11. The molecule has 0 heterocycles. The Morgan fingerprint density at radius 3 is 2.60 bits per heavy atom. The van der Waals surface area contributed by atoms with Gasteiger partial charge in [-0.15, -0.1) is 0 Å². The van der Waals surface area contributed by atoms with Crippen molar-refractivity contribution in [2.75, 3.05) is 13.1 Å². The highest BCUT2D eigenvalue weighted by Gasteiger charge is 2.00. The second-order valence-corrected chi connectivity index (χ2v) is 1.55. The molecule has 0 aliphatic heterocycles. The number of amides is 1. The first-order chi connectivity index (χ1) is 4.66. The number of hydrogen-bond acceptors (Lipinski definition) is 3. The zero-order valence-corrected chi connectivity index (χ0v) is 5.33. The van der Waals surface area contributed by atoms with Gasteiger partial charge in [-0.3, -0.25) is 14.6 Å². The molecule has 10 heavy (non-hydrogen) atoms. The van der Waals surface area contributed by atoms with Crippen LogP contribution in [-0.2, 0) is 9.59 Å². The monoisotopic (exact) mass is 144 g/mol. The standard InChI is InChI=1S/C5H8N2O3/c1-6-2-4(8)7-3-5(9)10/h1-3H2,(H,7,8)(H,9,10). The number of aliphatic carboxylic acids is 1. The topological polar surface area (TPSA) is 78.8 Å². The zero-order valence-electron chi connectivity index (χ0n) is 5.33. The molecule has 0 unspecified atom stereocenters. The fraction of sp³-hybridized carbons (Fsp3) is 0.400. The molecule has 0 aromatic carbocycles. The van der Waals surface area contributed by atoms with E-state index in [-0.39, 0.29) is 13.1 Å². The minimum atomic E-state index is -1.07. The van der Waals surface area contributed by atoms with E-state index in [1.54, 1.807) is 0 Å². The van der Waals surface area contributed by atoms with Gasteiger partial charge >= 0.3 is 5.97 Å². The first kappa shape index (κ1) is 8.61. The summed E-state index contributed by atoms with van der Waals surface area (Å²) in [5.41, 5.74) is 0. The van der Waals surface area contributed by atoms with Crippen molar-refractivity contribution in [3.8, 4) is 0 Å². The van der Waals surface area contributed by atoms with Crippen LogP contribution in [0.2, 0.25) is 0 Å². The van der Waals surface area contributed by atoms with Gasteiger partial charge < -0.3 is 10.4 Å². The molecular weight excluding hydrogens is 136 g/mol. The van der Waals surface area contributed by atoms with Crippen molar-refractivity contribution in [2.24, 2.45) is 4.99 Å². The maximum atomic E-state index is 10.4. The molecule has 5 heteroatoms. The van der Waals surface area contributed by atoms with Gasteiger partial charge in [0.05, 0.1) is 0 Å². The Balaban J connectivity index is 3.39. The van der Waals surface area contributed by atoms with Crippen molar-refractivity contribution >= 4 is 18.6 Å². The van der Waals surface area contributed by atoms with Gasteiger partial charge in [-0.05, 0) is 6.72 Å². The van der Waals surface area contributed by atoms with Crippen LogP contribution in [0.5, 0.6) is 0 Å². The summed E-state index contributed by atoms with van der Waals surface area (Å²) < 4.78 is 0. The van der Waals surface area contributed by atoms with E-state index in [2.05, 4.69) is 17.0 Å². The van der Waals surface area contributed by atoms with Gasteiger partial charge in [0.1, 0.15) is 13.1 Å². The van der Waals surface area contributed by atoms with Crippen molar-refractivity contribution in [1.29, 1.82) is 0 Å². The minimum Gasteiger partial charge on any atom is -0.480 e. The number of rotatable bonds is 4. The molecule has 0 rings (SSSR count). The van der Waals surface area contributed by atoms with Crippen LogP contribution in [0.4, 0.5) is 0 Å². The normalized spacial score (nSPS) is 8.40. The lowest BCUT2D eigenvalue weighted by atomic mass is 10.5. The van der Waals surface area contributed by atoms with E-state index in [4.69, 9.17) is 5.11 Å². The second-order valence-electron chi connectivity index (χ2n) is 1.55. The Morgan fingerprint density at radius 1 is 1.60 bits per heavy atom. The summed E-state index contributed by atoms with van der Waals surface area (Å²) in [6.07, 6.45) is 0. The van der Waals surface area contributed by atoms with E-state index in [1.165, 1.54) is 0 Å². The van der Waals surface area contributed by atoms with E-state index in [0.717, 1.165) is 0 Å². The number of aliphatic imine (C=N–C) groups is 1. The van der Waals surface area contributed by atoms with Crippen molar-refractivity contribution in [3.63, 3.8) is 0 Å².